The quantitative estimate of drug-likeness (QED) is 0.827. The van der Waals surface area contributed by atoms with Crippen LogP contribution >= 0.6 is 11.6 Å². The lowest BCUT2D eigenvalue weighted by atomic mass is 10.1. The summed E-state index contributed by atoms with van der Waals surface area (Å²) in [6.45, 7) is 0.293. The van der Waals surface area contributed by atoms with E-state index in [0.29, 0.717) is 10.6 Å². The van der Waals surface area contributed by atoms with E-state index >= 15 is 0 Å². The molecule has 0 aliphatic carbocycles. The van der Waals surface area contributed by atoms with Crippen LogP contribution in [0.1, 0.15) is 17.2 Å². The average Bonchev–Trinajstić information content (AvgIpc) is 2.45. The van der Waals surface area contributed by atoms with Crippen LogP contribution in [0.4, 0.5) is 13.2 Å². The van der Waals surface area contributed by atoms with Gasteiger partial charge in [0.05, 0.1) is 6.10 Å². The first-order chi connectivity index (χ1) is 9.97. The summed E-state index contributed by atoms with van der Waals surface area (Å²) in [6.07, 6.45) is -0.780. The number of hydrogen-bond donors (Lipinski definition) is 2. The Kier molecular flexibility index (Phi) is 5.22. The lowest BCUT2D eigenvalue weighted by Gasteiger charge is -2.12. The third-order valence-corrected chi connectivity index (χ3v) is 3.22. The van der Waals surface area contributed by atoms with E-state index in [9.17, 15) is 18.3 Å². The summed E-state index contributed by atoms with van der Waals surface area (Å²) < 4.78 is 38.8. The minimum atomic E-state index is -1.49. The van der Waals surface area contributed by atoms with E-state index in [1.807, 2.05) is 0 Å². The maximum atomic E-state index is 13.0. The topological polar surface area (TPSA) is 32.3 Å². The smallest absolute Gasteiger partial charge is 0.194 e. The number of halogens is 4. The van der Waals surface area contributed by atoms with Crippen molar-refractivity contribution < 1.29 is 18.3 Å². The fourth-order valence-electron chi connectivity index (χ4n) is 1.87. The Balaban J connectivity index is 1.91. The second-order valence-electron chi connectivity index (χ2n) is 4.57. The summed E-state index contributed by atoms with van der Waals surface area (Å²) in [7, 11) is 0. The molecule has 0 fully saturated rings. The normalized spacial score (nSPS) is 12.4. The Morgan fingerprint density at radius 1 is 1.05 bits per heavy atom. The highest BCUT2D eigenvalue weighted by molar-refractivity contribution is 6.30. The number of hydrogen-bond acceptors (Lipinski definition) is 2. The first kappa shape index (κ1) is 15.8. The Bertz CT molecular complexity index is 596. The monoisotopic (exact) mass is 315 g/mol. The molecular formula is C15H13ClF3NO. The van der Waals surface area contributed by atoms with Gasteiger partial charge in [0.2, 0.25) is 0 Å². The molecule has 21 heavy (non-hydrogen) atoms. The van der Waals surface area contributed by atoms with E-state index in [1.54, 1.807) is 24.3 Å². The van der Waals surface area contributed by atoms with Crippen LogP contribution in [0.15, 0.2) is 36.4 Å². The maximum absolute atomic E-state index is 13.0. The summed E-state index contributed by atoms with van der Waals surface area (Å²) in [4.78, 5) is 0. The van der Waals surface area contributed by atoms with Gasteiger partial charge in [0.1, 0.15) is 0 Å². The first-order valence-electron chi connectivity index (χ1n) is 6.25. The Labute approximate surface area is 125 Å². The second-order valence-corrected chi connectivity index (χ2v) is 5.01. The molecule has 2 nitrogen and oxygen atoms in total. The van der Waals surface area contributed by atoms with Crippen LogP contribution in [-0.2, 0) is 6.54 Å². The van der Waals surface area contributed by atoms with Crippen molar-refractivity contribution >= 4 is 11.6 Å². The van der Waals surface area contributed by atoms with Gasteiger partial charge in [-0.25, -0.2) is 13.2 Å². The van der Waals surface area contributed by atoms with Gasteiger partial charge in [-0.2, -0.15) is 0 Å². The predicted molar refractivity (Wildman–Crippen MR) is 74.4 cm³/mol. The van der Waals surface area contributed by atoms with Crippen molar-refractivity contribution in [3.63, 3.8) is 0 Å². The van der Waals surface area contributed by atoms with Gasteiger partial charge in [0.15, 0.2) is 17.5 Å². The van der Waals surface area contributed by atoms with Gasteiger partial charge in [-0.05, 0) is 35.4 Å². The van der Waals surface area contributed by atoms with Crippen molar-refractivity contribution in [2.75, 3.05) is 6.54 Å². The average molecular weight is 316 g/mol. The molecule has 2 N–H and O–H groups in total. The highest BCUT2D eigenvalue weighted by atomic mass is 35.5. The van der Waals surface area contributed by atoms with E-state index in [0.717, 1.165) is 12.1 Å². The molecule has 0 aliphatic rings. The van der Waals surface area contributed by atoms with Crippen LogP contribution in [0.2, 0.25) is 5.02 Å². The minimum absolute atomic E-state index is 0.110. The molecule has 6 heteroatoms. The number of benzene rings is 2. The first-order valence-corrected chi connectivity index (χ1v) is 6.63. The molecule has 1 unspecified atom stereocenters. The van der Waals surface area contributed by atoms with E-state index in [-0.39, 0.29) is 18.7 Å². The minimum Gasteiger partial charge on any atom is -0.387 e. The largest absolute Gasteiger partial charge is 0.387 e. The van der Waals surface area contributed by atoms with Gasteiger partial charge in [-0.15, -0.1) is 0 Å². The van der Waals surface area contributed by atoms with Gasteiger partial charge in [-0.1, -0.05) is 23.7 Å². The Morgan fingerprint density at radius 2 is 1.62 bits per heavy atom. The van der Waals surface area contributed by atoms with E-state index in [2.05, 4.69) is 5.32 Å². The van der Waals surface area contributed by atoms with Gasteiger partial charge >= 0.3 is 0 Å². The summed E-state index contributed by atoms with van der Waals surface area (Å²) in [5.41, 5.74) is 0.929. The number of nitrogens with one attached hydrogen (secondary N) is 1. The van der Waals surface area contributed by atoms with Crippen LogP contribution in [-0.4, -0.2) is 11.7 Å². The van der Waals surface area contributed by atoms with E-state index in [4.69, 9.17) is 11.6 Å². The van der Waals surface area contributed by atoms with E-state index in [1.165, 1.54) is 0 Å². The Morgan fingerprint density at radius 3 is 2.19 bits per heavy atom. The molecule has 2 aromatic rings. The zero-order chi connectivity index (χ0) is 15.4. The van der Waals surface area contributed by atoms with Crippen molar-refractivity contribution in [1.82, 2.24) is 5.32 Å². The summed E-state index contributed by atoms with van der Waals surface area (Å²) in [6, 6.07) is 8.52. The molecule has 1 atom stereocenters. The van der Waals surface area contributed by atoms with Crippen molar-refractivity contribution in [2.45, 2.75) is 12.6 Å². The molecule has 0 saturated carbocycles. The van der Waals surface area contributed by atoms with Gasteiger partial charge in [-0.3, -0.25) is 0 Å². The van der Waals surface area contributed by atoms with Crippen molar-refractivity contribution in [2.24, 2.45) is 0 Å². The highest BCUT2D eigenvalue weighted by Gasteiger charge is 2.11. The van der Waals surface area contributed by atoms with Crippen molar-refractivity contribution in [3.8, 4) is 0 Å². The van der Waals surface area contributed by atoms with Gasteiger partial charge in [0, 0.05) is 18.1 Å². The molecule has 2 rings (SSSR count). The van der Waals surface area contributed by atoms with Crippen molar-refractivity contribution in [1.29, 1.82) is 0 Å². The number of aliphatic hydroxyl groups excluding tert-OH is 1. The molecule has 0 saturated heterocycles. The van der Waals surface area contributed by atoms with Crippen LogP contribution < -0.4 is 5.32 Å². The summed E-state index contributed by atoms with van der Waals surface area (Å²) in [5, 5.41) is 13.3. The fourth-order valence-corrected chi connectivity index (χ4v) is 1.99. The van der Waals surface area contributed by atoms with Crippen molar-refractivity contribution in [3.05, 3.63) is 70.0 Å². The molecule has 0 spiro atoms. The molecule has 112 valence electrons. The van der Waals surface area contributed by atoms with Crippen LogP contribution in [0.25, 0.3) is 0 Å². The third kappa shape index (κ3) is 4.20. The van der Waals surface area contributed by atoms with Crippen LogP contribution in [0, 0.1) is 17.5 Å². The fraction of sp³-hybridized carbons (Fsp3) is 0.200. The molecule has 0 aliphatic heterocycles. The SMILES string of the molecule is OC(CNCc1cc(F)c(F)c(F)c1)c1ccc(Cl)cc1. The van der Waals surface area contributed by atoms with Gasteiger partial charge < -0.3 is 10.4 Å². The second kappa shape index (κ2) is 6.93. The molecule has 2 aromatic carbocycles. The zero-order valence-corrected chi connectivity index (χ0v) is 11.7. The summed E-state index contributed by atoms with van der Waals surface area (Å²) in [5.74, 6) is -3.95. The highest BCUT2D eigenvalue weighted by Crippen LogP contribution is 2.16. The third-order valence-electron chi connectivity index (χ3n) is 2.97. The molecule has 0 bridgehead atoms. The molecule has 0 radical (unpaired) electrons. The number of aliphatic hydroxyl groups is 1. The standard InChI is InChI=1S/C15H13ClF3NO/c16-11-3-1-10(2-4-11)14(21)8-20-7-9-5-12(17)15(19)13(18)6-9/h1-6,14,20-21H,7-8H2. The number of rotatable bonds is 5. The maximum Gasteiger partial charge on any atom is 0.194 e. The van der Waals surface area contributed by atoms with E-state index < -0.39 is 23.6 Å². The summed E-state index contributed by atoms with van der Waals surface area (Å²) >= 11 is 5.74. The van der Waals surface area contributed by atoms with Crippen LogP contribution in [0.3, 0.4) is 0 Å². The molecule has 0 heterocycles. The van der Waals surface area contributed by atoms with Gasteiger partial charge in [0.25, 0.3) is 0 Å². The molecule has 0 aromatic heterocycles. The van der Waals surface area contributed by atoms with Crippen LogP contribution in [0.5, 0.6) is 0 Å². The zero-order valence-electron chi connectivity index (χ0n) is 10.9. The Hall–Kier alpha value is -1.56. The molecular weight excluding hydrogens is 303 g/mol. The molecule has 0 amide bonds. The predicted octanol–water partition coefficient (Wildman–Crippen LogP) is 3.58. The lowest BCUT2D eigenvalue weighted by Crippen LogP contribution is -2.21. The lowest BCUT2D eigenvalue weighted by molar-refractivity contribution is 0.174.